The largest absolute Gasteiger partial charge is 0.276 e. The molecule has 0 saturated heterocycles. The predicted octanol–water partition coefficient (Wildman–Crippen LogP) is 4.36. The van der Waals surface area contributed by atoms with Gasteiger partial charge in [0.05, 0.1) is 24.6 Å². The minimum absolute atomic E-state index is 0.374. The highest BCUT2D eigenvalue weighted by molar-refractivity contribution is 5.08. The summed E-state index contributed by atoms with van der Waals surface area (Å²) in [5.74, 6) is 2.81. The van der Waals surface area contributed by atoms with E-state index in [1.54, 1.807) is 11.7 Å². The van der Waals surface area contributed by atoms with E-state index in [1.165, 1.54) is 10.4 Å². The van der Waals surface area contributed by atoms with Gasteiger partial charge in [0.15, 0.2) is 5.82 Å². The molecule has 0 spiro atoms. The summed E-state index contributed by atoms with van der Waals surface area (Å²) in [6, 6.07) is 2.05. The monoisotopic (exact) mass is 499 g/mol. The summed E-state index contributed by atoms with van der Waals surface area (Å²) in [4.78, 5) is 1.47. The van der Waals surface area contributed by atoms with Gasteiger partial charge < -0.3 is 0 Å². The molecule has 0 aliphatic rings. The molecule has 0 aliphatic heterocycles. The molecule has 4 rings (SSSR count). The van der Waals surface area contributed by atoms with Crippen LogP contribution < -0.4 is 0 Å². The molecule has 4 aromatic rings. The molecule has 0 aromatic carbocycles. The first-order valence-electron chi connectivity index (χ1n) is 12.4. The molecule has 36 heavy (non-hydrogen) atoms. The van der Waals surface area contributed by atoms with Crippen LogP contribution in [0.1, 0.15) is 102 Å². The first-order valence-corrected chi connectivity index (χ1v) is 12.4. The van der Waals surface area contributed by atoms with Crippen molar-refractivity contribution in [2.45, 2.75) is 79.1 Å². The number of tetrazole rings is 1. The van der Waals surface area contributed by atoms with Crippen molar-refractivity contribution in [1.82, 2.24) is 54.8 Å². The van der Waals surface area contributed by atoms with E-state index in [4.69, 9.17) is 0 Å². The van der Waals surface area contributed by atoms with Crippen LogP contribution in [0.3, 0.4) is 0 Å². The van der Waals surface area contributed by atoms with Crippen molar-refractivity contribution in [2.75, 3.05) is 0 Å². The van der Waals surface area contributed by atoms with Crippen LogP contribution in [0.2, 0.25) is 0 Å². The van der Waals surface area contributed by atoms with Gasteiger partial charge in [-0.15, -0.1) is 15.3 Å². The second-order valence-electron chi connectivity index (χ2n) is 9.93. The third-order valence-electron chi connectivity index (χ3n) is 4.97. The third kappa shape index (κ3) is 11.4. The molecule has 0 unspecified atom stereocenters. The second kappa shape index (κ2) is 14.9. The van der Waals surface area contributed by atoms with E-state index in [9.17, 15) is 0 Å². The highest BCUT2D eigenvalue weighted by atomic mass is 15.6. The molecule has 4 heterocycles. The zero-order valence-electron chi connectivity index (χ0n) is 24.1. The summed E-state index contributed by atoms with van der Waals surface area (Å²) in [6.45, 7) is 16.9. The van der Waals surface area contributed by atoms with Gasteiger partial charge in [-0.1, -0.05) is 60.6 Å². The van der Waals surface area contributed by atoms with Gasteiger partial charge in [-0.05, 0) is 34.6 Å². The van der Waals surface area contributed by atoms with E-state index in [1.807, 2.05) is 75.2 Å². The van der Waals surface area contributed by atoms with Gasteiger partial charge in [0.25, 0.3) is 0 Å². The fourth-order valence-electron chi connectivity index (χ4n) is 2.64. The lowest BCUT2D eigenvalue weighted by Gasteiger charge is -1.95. The number of hydrogen-bond donors (Lipinski definition) is 0. The molecular formula is C25H45N11. The Kier molecular flexibility index (Phi) is 12.7. The molecule has 11 heteroatoms. The second-order valence-corrected chi connectivity index (χ2v) is 9.93. The zero-order valence-corrected chi connectivity index (χ0v) is 24.1. The zero-order chi connectivity index (χ0) is 27.4. The Labute approximate surface area is 215 Å². The minimum Gasteiger partial charge on any atom is -0.276 e. The van der Waals surface area contributed by atoms with Crippen molar-refractivity contribution >= 4 is 0 Å². The molecule has 200 valence electrons. The van der Waals surface area contributed by atoms with Crippen LogP contribution in [0, 0.1) is 0 Å². The quantitative estimate of drug-likeness (QED) is 0.410. The molecule has 0 N–H and O–H groups in total. The first kappa shape index (κ1) is 30.7. The molecule has 0 aliphatic carbocycles. The Morgan fingerprint density at radius 1 is 0.611 bits per heavy atom. The minimum atomic E-state index is 0.374. The van der Waals surface area contributed by atoms with Crippen LogP contribution in [0.25, 0.3) is 0 Å². The molecule has 0 atom stereocenters. The number of aryl methyl sites for hydroxylation is 4. The Morgan fingerprint density at radius 2 is 1.25 bits per heavy atom. The van der Waals surface area contributed by atoms with E-state index in [2.05, 4.69) is 77.5 Å². The van der Waals surface area contributed by atoms with Crippen molar-refractivity contribution in [3.05, 3.63) is 53.6 Å². The maximum Gasteiger partial charge on any atom is 0.177 e. The van der Waals surface area contributed by atoms with Crippen LogP contribution in [-0.2, 0) is 28.2 Å². The van der Waals surface area contributed by atoms with Crippen molar-refractivity contribution in [1.29, 1.82) is 0 Å². The first-order chi connectivity index (χ1) is 16.8. The topological polar surface area (TPSA) is 110 Å². The summed E-state index contributed by atoms with van der Waals surface area (Å²) in [6.07, 6.45) is 7.86. The average Bonchev–Trinajstić information content (AvgIpc) is 3.58. The Bertz CT molecular complexity index is 936. The fraction of sp³-hybridized carbons (Fsp3) is 0.640. The standard InChI is InChI=1S/2C7H12N2.C6H11N3.C5H10N4/c1-6(2)7-4-8-9(3)5-7;1-6(2)7-4-5-9(3)8-7;1-5(2)6-4-9(3)8-7-6;1-4(2)5-6-8-9(3)7-5/h2*4-6H,1-3H3;4-5H,1-3H3;4H,1-3H3. The van der Waals surface area contributed by atoms with Crippen molar-refractivity contribution in [2.24, 2.45) is 28.2 Å². The van der Waals surface area contributed by atoms with Crippen LogP contribution in [0.15, 0.2) is 30.9 Å². The number of aromatic nitrogens is 11. The van der Waals surface area contributed by atoms with Gasteiger partial charge in [-0.3, -0.25) is 14.0 Å². The van der Waals surface area contributed by atoms with Crippen molar-refractivity contribution < 1.29 is 0 Å². The van der Waals surface area contributed by atoms with Crippen LogP contribution >= 0.6 is 0 Å². The Hall–Kier alpha value is -3.37. The molecular weight excluding hydrogens is 454 g/mol. The number of nitrogens with zero attached hydrogens (tertiary/aromatic N) is 11. The van der Waals surface area contributed by atoms with Gasteiger partial charge in [-0.25, -0.2) is 0 Å². The van der Waals surface area contributed by atoms with E-state index >= 15 is 0 Å². The number of rotatable bonds is 4. The lowest BCUT2D eigenvalue weighted by molar-refractivity contribution is 0.625. The third-order valence-corrected chi connectivity index (χ3v) is 4.97. The molecule has 0 fully saturated rings. The van der Waals surface area contributed by atoms with E-state index in [0.717, 1.165) is 17.2 Å². The summed E-state index contributed by atoms with van der Waals surface area (Å²) < 4.78 is 5.38. The molecule has 0 bridgehead atoms. The van der Waals surface area contributed by atoms with E-state index < -0.39 is 0 Å². The van der Waals surface area contributed by atoms with Gasteiger partial charge in [0.2, 0.25) is 0 Å². The Balaban J connectivity index is 0.000000240. The Morgan fingerprint density at radius 3 is 1.47 bits per heavy atom. The predicted molar refractivity (Wildman–Crippen MR) is 143 cm³/mol. The van der Waals surface area contributed by atoms with Gasteiger partial charge in [-0.2, -0.15) is 15.0 Å². The lowest BCUT2D eigenvalue weighted by atomic mass is 10.1. The molecule has 11 nitrogen and oxygen atoms in total. The van der Waals surface area contributed by atoms with Crippen LogP contribution in [0.5, 0.6) is 0 Å². The van der Waals surface area contributed by atoms with Gasteiger partial charge in [0, 0.05) is 45.7 Å². The summed E-state index contributed by atoms with van der Waals surface area (Å²) >= 11 is 0. The van der Waals surface area contributed by atoms with Crippen molar-refractivity contribution in [3.8, 4) is 0 Å². The highest BCUT2D eigenvalue weighted by Crippen LogP contribution is 2.11. The summed E-state index contributed by atoms with van der Waals surface area (Å²) in [7, 11) is 7.51. The van der Waals surface area contributed by atoms with Gasteiger partial charge in [0.1, 0.15) is 0 Å². The highest BCUT2D eigenvalue weighted by Gasteiger charge is 2.03. The maximum atomic E-state index is 4.23. The summed E-state index contributed by atoms with van der Waals surface area (Å²) in [5.41, 5.74) is 3.52. The molecule has 0 radical (unpaired) electrons. The maximum absolute atomic E-state index is 4.23. The smallest absolute Gasteiger partial charge is 0.177 e. The van der Waals surface area contributed by atoms with Crippen molar-refractivity contribution in [3.63, 3.8) is 0 Å². The molecule has 0 amide bonds. The van der Waals surface area contributed by atoms with E-state index in [0.29, 0.717) is 23.7 Å². The lowest BCUT2D eigenvalue weighted by Crippen LogP contribution is -1.94. The molecule has 4 aromatic heterocycles. The van der Waals surface area contributed by atoms with E-state index in [-0.39, 0.29) is 0 Å². The normalized spacial score (nSPS) is 10.7. The summed E-state index contributed by atoms with van der Waals surface area (Å²) in [5, 5.41) is 27.5. The molecule has 0 saturated carbocycles. The van der Waals surface area contributed by atoms with Crippen LogP contribution in [-0.4, -0.2) is 54.8 Å². The van der Waals surface area contributed by atoms with Gasteiger partial charge >= 0.3 is 0 Å². The SMILES string of the molecule is CC(C)c1ccn(C)n1.CC(C)c1cn(C)nn1.CC(C)c1cnn(C)c1.CC(C)c1nnn(C)n1. The average molecular weight is 500 g/mol. The number of hydrogen-bond acceptors (Lipinski definition) is 7. The van der Waals surface area contributed by atoms with Crippen LogP contribution in [0.4, 0.5) is 0 Å². The fourth-order valence-corrected chi connectivity index (χ4v) is 2.64.